The first-order valence-corrected chi connectivity index (χ1v) is 16.4. The number of hydrogen-bond donors (Lipinski definition) is 0. The number of quaternary nitrogens is 1. The monoisotopic (exact) mass is 595 g/mol. The summed E-state index contributed by atoms with van der Waals surface area (Å²) in [6, 6.07) is -0.719. The minimum absolute atomic E-state index is 0.0324. The van der Waals surface area contributed by atoms with E-state index in [1.54, 1.807) is 28.1 Å². The lowest BCUT2D eigenvalue weighted by Crippen LogP contribution is -2.55. The van der Waals surface area contributed by atoms with Crippen molar-refractivity contribution in [3.63, 3.8) is 0 Å². The van der Waals surface area contributed by atoms with Crippen LogP contribution in [0.1, 0.15) is 123 Å². The van der Waals surface area contributed by atoms with Gasteiger partial charge in [0.05, 0.1) is 40.3 Å². The average Bonchev–Trinajstić information content (AvgIpc) is 2.93. The number of rotatable bonds is 28. The molecule has 2 atom stereocenters. The van der Waals surface area contributed by atoms with Gasteiger partial charge in [-0.25, -0.2) is 0 Å². The molecule has 0 aliphatic heterocycles. The maximum atomic E-state index is 12.4. The summed E-state index contributed by atoms with van der Waals surface area (Å²) in [5, 5.41) is 11.4. The molecular weight excluding hydrogens is 534 g/mol. The van der Waals surface area contributed by atoms with Crippen molar-refractivity contribution < 1.29 is 38.2 Å². The highest BCUT2D eigenvalue weighted by Gasteiger charge is 2.25. The highest BCUT2D eigenvalue weighted by molar-refractivity contribution is 5.70. The number of likely N-dealkylation sites (N-methyl/N-ethyl adjacent to an activating group) is 1. The standard InChI is InChI=1S/C34H61NO7/c1-6-8-9-10-11-12-13-14-15-16-17-18-19-20-21-22-23-24-25-33(37)42-30(29-41-32(36)7-2)28-40-27-26-31(34(38)39)35(3,4)5/h12-13,15-16,30-31H,6-11,14,17-29H2,1-5H3/b13-12-,16-15-. The summed E-state index contributed by atoms with van der Waals surface area (Å²) in [5.41, 5.74) is 0. The molecule has 0 rings (SSSR count). The Morgan fingerprint density at radius 1 is 0.738 bits per heavy atom. The van der Waals surface area contributed by atoms with Crippen molar-refractivity contribution in [1.29, 1.82) is 0 Å². The smallest absolute Gasteiger partial charge is 0.306 e. The molecule has 8 nitrogen and oxygen atoms in total. The summed E-state index contributed by atoms with van der Waals surface area (Å²) in [7, 11) is 5.35. The highest BCUT2D eigenvalue weighted by Crippen LogP contribution is 2.12. The van der Waals surface area contributed by atoms with Crippen molar-refractivity contribution in [1.82, 2.24) is 0 Å². The summed E-state index contributed by atoms with van der Waals surface area (Å²) in [6.07, 6.45) is 25.6. The van der Waals surface area contributed by atoms with Crippen LogP contribution in [-0.2, 0) is 28.6 Å². The van der Waals surface area contributed by atoms with Gasteiger partial charge in [-0.1, -0.05) is 89.5 Å². The molecule has 0 fully saturated rings. The van der Waals surface area contributed by atoms with Gasteiger partial charge < -0.3 is 28.6 Å². The number of esters is 2. The molecule has 0 aromatic rings. The Morgan fingerprint density at radius 3 is 1.86 bits per heavy atom. The van der Waals surface area contributed by atoms with Gasteiger partial charge in [-0.15, -0.1) is 0 Å². The van der Waals surface area contributed by atoms with Gasteiger partial charge in [0.1, 0.15) is 12.6 Å². The molecule has 0 aliphatic carbocycles. The second-order valence-electron chi connectivity index (χ2n) is 12.0. The van der Waals surface area contributed by atoms with E-state index >= 15 is 0 Å². The maximum Gasteiger partial charge on any atom is 0.306 e. The van der Waals surface area contributed by atoms with E-state index in [4.69, 9.17) is 14.2 Å². The van der Waals surface area contributed by atoms with Gasteiger partial charge in [0.15, 0.2) is 6.10 Å². The van der Waals surface area contributed by atoms with Crippen LogP contribution in [0, 0.1) is 0 Å². The van der Waals surface area contributed by atoms with Crippen molar-refractivity contribution >= 4 is 17.9 Å². The van der Waals surface area contributed by atoms with E-state index in [0.717, 1.165) is 32.1 Å². The first-order valence-electron chi connectivity index (χ1n) is 16.4. The summed E-state index contributed by atoms with van der Waals surface area (Å²) < 4.78 is 16.5. The molecule has 0 aromatic heterocycles. The number of unbranched alkanes of at least 4 members (excludes halogenated alkanes) is 11. The van der Waals surface area contributed by atoms with E-state index in [-0.39, 0.29) is 49.1 Å². The fraction of sp³-hybridized carbons (Fsp3) is 0.794. The number of aliphatic carboxylic acids is 1. The lowest BCUT2D eigenvalue weighted by atomic mass is 10.1. The number of allylic oxidation sites excluding steroid dienone is 4. The van der Waals surface area contributed by atoms with Crippen molar-refractivity contribution in [3.05, 3.63) is 24.3 Å². The Kier molecular flexibility index (Phi) is 25.1. The molecule has 0 aliphatic rings. The third-order valence-electron chi connectivity index (χ3n) is 7.15. The van der Waals surface area contributed by atoms with Crippen molar-refractivity contribution in [2.45, 2.75) is 135 Å². The Morgan fingerprint density at radius 2 is 1.31 bits per heavy atom. The second-order valence-corrected chi connectivity index (χ2v) is 12.0. The van der Waals surface area contributed by atoms with Crippen LogP contribution in [0.25, 0.3) is 0 Å². The lowest BCUT2D eigenvalue weighted by Gasteiger charge is -2.34. The molecule has 0 N–H and O–H groups in total. The number of carboxylic acids is 1. The minimum atomic E-state index is -1.13. The van der Waals surface area contributed by atoms with Gasteiger partial charge in [0.25, 0.3) is 0 Å². The Bertz CT molecular complexity index is 757. The topological polar surface area (TPSA) is 102 Å². The SMILES string of the molecule is CCCCCC/C=C\C/C=C\CCCCCCCCCC(=O)OC(COCCC(C(=O)[O-])[N+](C)(C)C)COC(=O)CC. The number of carboxylic acid groups (broad SMARTS) is 1. The van der Waals surface area contributed by atoms with Gasteiger partial charge in [0.2, 0.25) is 0 Å². The fourth-order valence-corrected chi connectivity index (χ4v) is 4.49. The van der Waals surface area contributed by atoms with E-state index in [9.17, 15) is 19.5 Å². The number of ether oxygens (including phenoxy) is 3. The second kappa shape index (κ2) is 26.4. The van der Waals surface area contributed by atoms with Gasteiger partial charge >= 0.3 is 11.9 Å². The van der Waals surface area contributed by atoms with Crippen LogP contribution in [0.4, 0.5) is 0 Å². The van der Waals surface area contributed by atoms with Crippen molar-refractivity contribution in [3.8, 4) is 0 Å². The molecule has 0 aromatic carbocycles. The number of hydrogen-bond acceptors (Lipinski definition) is 7. The molecule has 2 unspecified atom stereocenters. The summed E-state index contributed by atoms with van der Waals surface area (Å²) in [6.45, 7) is 4.05. The third kappa shape index (κ3) is 24.4. The van der Waals surface area contributed by atoms with Gasteiger partial charge in [0, 0.05) is 19.3 Å². The molecule has 8 heteroatoms. The molecular formula is C34H61NO7. The number of carbonyl (C=O) groups is 3. The van der Waals surface area contributed by atoms with E-state index in [1.165, 1.54) is 57.8 Å². The quantitative estimate of drug-likeness (QED) is 0.0468. The largest absolute Gasteiger partial charge is 0.544 e. The number of carbonyl (C=O) groups excluding carboxylic acids is 3. The first kappa shape index (κ1) is 39.8. The Hall–Kier alpha value is -2.19. The minimum Gasteiger partial charge on any atom is -0.544 e. The van der Waals surface area contributed by atoms with E-state index in [2.05, 4.69) is 31.2 Å². The summed E-state index contributed by atoms with van der Waals surface area (Å²) >= 11 is 0. The average molecular weight is 596 g/mol. The van der Waals surface area contributed by atoms with Crippen LogP contribution in [0.15, 0.2) is 24.3 Å². The van der Waals surface area contributed by atoms with E-state index in [1.807, 2.05) is 0 Å². The van der Waals surface area contributed by atoms with Crippen LogP contribution in [0.3, 0.4) is 0 Å². The Balaban J connectivity index is 4.04. The molecule has 0 bridgehead atoms. The maximum absolute atomic E-state index is 12.4. The van der Waals surface area contributed by atoms with E-state index < -0.39 is 18.1 Å². The molecule has 0 radical (unpaired) electrons. The fourth-order valence-electron chi connectivity index (χ4n) is 4.49. The van der Waals surface area contributed by atoms with Crippen LogP contribution >= 0.6 is 0 Å². The highest BCUT2D eigenvalue weighted by atomic mass is 16.6. The first-order chi connectivity index (χ1) is 20.1. The van der Waals surface area contributed by atoms with Crippen molar-refractivity contribution in [2.24, 2.45) is 0 Å². The van der Waals surface area contributed by atoms with Gasteiger partial charge in [-0.05, 0) is 38.5 Å². The molecule has 244 valence electrons. The van der Waals surface area contributed by atoms with Gasteiger partial charge in [-0.3, -0.25) is 9.59 Å². The lowest BCUT2D eigenvalue weighted by molar-refractivity contribution is -0.889. The molecule has 42 heavy (non-hydrogen) atoms. The van der Waals surface area contributed by atoms with Gasteiger partial charge in [-0.2, -0.15) is 0 Å². The zero-order chi connectivity index (χ0) is 31.5. The summed E-state index contributed by atoms with van der Waals surface area (Å²) in [4.78, 5) is 35.4. The normalized spacial score (nSPS) is 13.5. The van der Waals surface area contributed by atoms with E-state index in [0.29, 0.717) is 6.42 Å². The number of nitrogens with zero attached hydrogens (tertiary/aromatic N) is 1. The van der Waals surface area contributed by atoms with Crippen LogP contribution < -0.4 is 5.11 Å². The molecule has 0 spiro atoms. The zero-order valence-electron chi connectivity index (χ0n) is 27.4. The third-order valence-corrected chi connectivity index (χ3v) is 7.15. The van der Waals surface area contributed by atoms with Crippen LogP contribution in [-0.4, -0.2) is 75.5 Å². The predicted molar refractivity (Wildman–Crippen MR) is 167 cm³/mol. The molecule has 0 saturated heterocycles. The predicted octanol–water partition coefficient (Wildman–Crippen LogP) is 6.07. The molecule has 0 heterocycles. The van der Waals surface area contributed by atoms with Crippen molar-refractivity contribution in [2.75, 3.05) is 41.0 Å². The van der Waals surface area contributed by atoms with Crippen LogP contribution in [0.2, 0.25) is 0 Å². The Labute approximate surface area is 256 Å². The summed E-state index contributed by atoms with van der Waals surface area (Å²) in [5.74, 6) is -1.85. The molecule has 0 amide bonds. The molecule has 0 saturated carbocycles. The van der Waals surface area contributed by atoms with Crippen LogP contribution in [0.5, 0.6) is 0 Å². The zero-order valence-corrected chi connectivity index (χ0v) is 27.4.